The second-order valence-electron chi connectivity index (χ2n) is 2.45. The van der Waals surface area contributed by atoms with Gasteiger partial charge in [-0.15, -0.1) is 0 Å². The molecule has 14 heavy (non-hydrogen) atoms. The third-order valence-corrected chi connectivity index (χ3v) is 1.91. The summed E-state index contributed by atoms with van der Waals surface area (Å²) in [4.78, 5) is 24.5. The molecule has 0 fully saturated rings. The monoisotopic (exact) mass is 210 g/mol. The van der Waals surface area contributed by atoms with E-state index in [1.54, 1.807) is 0 Å². The quantitative estimate of drug-likeness (QED) is 0.596. The highest BCUT2D eigenvalue weighted by atomic mass is 35.5. The van der Waals surface area contributed by atoms with Crippen LogP contribution in [0.2, 0.25) is 5.02 Å². The zero-order valence-electron chi connectivity index (χ0n) is 7.37. The molecule has 0 aliphatic heterocycles. The Kier molecular flexibility index (Phi) is 3.40. The Hall–Kier alpha value is -1.64. The number of hydrogen-bond acceptors (Lipinski definition) is 3. The van der Waals surface area contributed by atoms with Gasteiger partial charge in [0.2, 0.25) is 6.08 Å². The van der Waals surface area contributed by atoms with E-state index in [9.17, 15) is 9.59 Å². The molecule has 0 atom stereocenters. The van der Waals surface area contributed by atoms with Gasteiger partial charge in [-0.05, 0) is 18.2 Å². The highest BCUT2D eigenvalue weighted by Gasteiger charge is 2.08. The highest BCUT2D eigenvalue weighted by Crippen LogP contribution is 2.22. The molecule has 1 rings (SSSR count). The van der Waals surface area contributed by atoms with Crippen molar-refractivity contribution in [3.05, 3.63) is 28.8 Å². The second kappa shape index (κ2) is 4.56. The van der Waals surface area contributed by atoms with E-state index in [1.807, 2.05) is 0 Å². The molecule has 0 spiro atoms. The van der Waals surface area contributed by atoms with E-state index < -0.39 is 0 Å². The Morgan fingerprint density at radius 1 is 1.57 bits per heavy atom. The number of rotatable bonds is 2. The Morgan fingerprint density at radius 2 is 2.29 bits per heavy atom. The van der Waals surface area contributed by atoms with Gasteiger partial charge in [0, 0.05) is 7.05 Å². The molecule has 1 N–H and O–H groups in total. The first-order valence-electron chi connectivity index (χ1n) is 3.78. The number of carbonyl (C=O) groups is 1. The van der Waals surface area contributed by atoms with Crippen molar-refractivity contribution in [2.24, 2.45) is 4.99 Å². The molecule has 0 radical (unpaired) electrons. The maximum atomic E-state index is 11.2. The summed E-state index contributed by atoms with van der Waals surface area (Å²) in [7, 11) is 1.51. The van der Waals surface area contributed by atoms with Crippen molar-refractivity contribution in [1.29, 1.82) is 0 Å². The smallest absolute Gasteiger partial charge is 0.252 e. The van der Waals surface area contributed by atoms with Crippen molar-refractivity contribution in [1.82, 2.24) is 5.32 Å². The fraction of sp³-hybridized carbons (Fsp3) is 0.111. The zero-order valence-corrected chi connectivity index (χ0v) is 8.13. The number of amides is 1. The summed E-state index contributed by atoms with van der Waals surface area (Å²) in [6, 6.07) is 4.44. The minimum atomic E-state index is -0.281. The third-order valence-electron chi connectivity index (χ3n) is 1.60. The topological polar surface area (TPSA) is 58.5 Å². The minimum absolute atomic E-state index is 0.251. The summed E-state index contributed by atoms with van der Waals surface area (Å²) in [5, 5.41) is 2.69. The van der Waals surface area contributed by atoms with Crippen LogP contribution in [0.5, 0.6) is 0 Å². The van der Waals surface area contributed by atoms with Gasteiger partial charge in [0.25, 0.3) is 5.91 Å². The number of hydrogen-bond donors (Lipinski definition) is 1. The van der Waals surface area contributed by atoms with Gasteiger partial charge in [0.05, 0.1) is 16.3 Å². The van der Waals surface area contributed by atoms with Gasteiger partial charge in [0.1, 0.15) is 0 Å². The van der Waals surface area contributed by atoms with Gasteiger partial charge in [-0.2, -0.15) is 4.99 Å². The van der Waals surface area contributed by atoms with Crippen LogP contribution < -0.4 is 5.32 Å². The lowest BCUT2D eigenvalue weighted by atomic mass is 10.2. The maximum Gasteiger partial charge on any atom is 0.252 e. The van der Waals surface area contributed by atoms with Crippen molar-refractivity contribution in [3.8, 4) is 0 Å². The number of benzene rings is 1. The average Bonchev–Trinajstić information content (AvgIpc) is 2.17. The highest BCUT2D eigenvalue weighted by molar-refractivity contribution is 6.34. The van der Waals surface area contributed by atoms with Crippen LogP contribution >= 0.6 is 11.6 Å². The summed E-state index contributed by atoms with van der Waals surface area (Å²) in [6.07, 6.45) is 1.39. The molecule has 1 aromatic rings. The van der Waals surface area contributed by atoms with Gasteiger partial charge in [-0.1, -0.05) is 11.6 Å². The van der Waals surface area contributed by atoms with E-state index in [4.69, 9.17) is 11.6 Å². The molecule has 0 saturated carbocycles. The lowest BCUT2D eigenvalue weighted by Crippen LogP contribution is -2.17. The van der Waals surface area contributed by atoms with Gasteiger partial charge >= 0.3 is 0 Å². The number of nitrogens with one attached hydrogen (secondary N) is 1. The molecular weight excluding hydrogens is 204 g/mol. The van der Waals surface area contributed by atoms with Crippen molar-refractivity contribution in [3.63, 3.8) is 0 Å². The number of carbonyl (C=O) groups excluding carboxylic acids is 2. The van der Waals surface area contributed by atoms with Crippen LogP contribution in [0.3, 0.4) is 0 Å². The van der Waals surface area contributed by atoms with Crippen LogP contribution in [0.1, 0.15) is 10.4 Å². The largest absolute Gasteiger partial charge is 0.355 e. The normalized spacial score (nSPS) is 9.00. The molecular formula is C9H7ClN2O2. The average molecular weight is 211 g/mol. The summed E-state index contributed by atoms with van der Waals surface area (Å²) in [5.41, 5.74) is 0.719. The van der Waals surface area contributed by atoms with Crippen LogP contribution in [0.15, 0.2) is 23.2 Å². The number of aliphatic imine (C=N–C) groups is 1. The molecule has 0 aromatic heterocycles. The van der Waals surface area contributed by atoms with Gasteiger partial charge in [0.15, 0.2) is 0 Å². The predicted molar refractivity (Wildman–Crippen MR) is 52.6 cm³/mol. The van der Waals surface area contributed by atoms with E-state index in [0.29, 0.717) is 11.3 Å². The number of nitrogens with zero attached hydrogens (tertiary/aromatic N) is 1. The first-order valence-corrected chi connectivity index (χ1v) is 4.16. The fourth-order valence-electron chi connectivity index (χ4n) is 0.945. The van der Waals surface area contributed by atoms with E-state index in [-0.39, 0.29) is 10.9 Å². The Bertz CT molecular complexity index is 411. The molecule has 1 aromatic carbocycles. The predicted octanol–water partition coefficient (Wildman–Crippen LogP) is 1.67. The molecule has 5 heteroatoms. The number of isocyanates is 1. The SMILES string of the molecule is CNC(=O)c1ccc(N=C=O)cc1Cl. The third kappa shape index (κ3) is 2.19. The first-order chi connectivity index (χ1) is 6.69. The molecule has 1 amide bonds. The van der Waals surface area contributed by atoms with Crippen molar-refractivity contribution in [2.45, 2.75) is 0 Å². The summed E-state index contributed by atoms with van der Waals surface area (Å²) in [5.74, 6) is -0.281. The lowest BCUT2D eigenvalue weighted by Gasteiger charge is -2.02. The van der Waals surface area contributed by atoms with Crippen LogP contribution in [-0.2, 0) is 4.79 Å². The molecule has 4 nitrogen and oxygen atoms in total. The second-order valence-corrected chi connectivity index (χ2v) is 2.85. The van der Waals surface area contributed by atoms with Crippen molar-refractivity contribution < 1.29 is 9.59 Å². The van der Waals surface area contributed by atoms with E-state index >= 15 is 0 Å². The summed E-state index contributed by atoms with van der Waals surface area (Å²) < 4.78 is 0. The van der Waals surface area contributed by atoms with Crippen molar-refractivity contribution in [2.75, 3.05) is 7.05 Å². The van der Waals surface area contributed by atoms with Gasteiger partial charge < -0.3 is 5.32 Å². The van der Waals surface area contributed by atoms with Crippen LogP contribution in [0.25, 0.3) is 0 Å². The van der Waals surface area contributed by atoms with Crippen molar-refractivity contribution >= 4 is 29.3 Å². The summed E-state index contributed by atoms with van der Waals surface area (Å²) in [6.45, 7) is 0. The summed E-state index contributed by atoms with van der Waals surface area (Å²) >= 11 is 5.79. The molecule has 0 bridgehead atoms. The maximum absolute atomic E-state index is 11.2. The van der Waals surface area contributed by atoms with Crippen LogP contribution in [-0.4, -0.2) is 19.0 Å². The Morgan fingerprint density at radius 3 is 2.79 bits per heavy atom. The van der Waals surface area contributed by atoms with Crippen LogP contribution in [0.4, 0.5) is 5.69 Å². The molecule has 0 aliphatic carbocycles. The zero-order chi connectivity index (χ0) is 10.6. The Balaban J connectivity index is 3.13. The molecule has 0 saturated heterocycles. The number of halogens is 1. The molecule has 0 heterocycles. The standard InChI is InChI=1S/C9H7ClN2O2/c1-11-9(14)7-3-2-6(12-5-13)4-8(7)10/h2-4H,1H3,(H,11,14). The van der Waals surface area contributed by atoms with E-state index in [0.717, 1.165) is 0 Å². The first kappa shape index (κ1) is 10.4. The fourth-order valence-corrected chi connectivity index (χ4v) is 1.21. The van der Waals surface area contributed by atoms with E-state index in [1.165, 1.54) is 31.3 Å². The van der Waals surface area contributed by atoms with E-state index in [2.05, 4.69) is 10.3 Å². The minimum Gasteiger partial charge on any atom is -0.355 e. The molecule has 0 unspecified atom stereocenters. The van der Waals surface area contributed by atoms with Gasteiger partial charge in [-0.3, -0.25) is 4.79 Å². The lowest BCUT2D eigenvalue weighted by molar-refractivity contribution is 0.0963. The Labute approximate surface area is 85.6 Å². The molecule has 72 valence electrons. The van der Waals surface area contributed by atoms with Crippen LogP contribution in [0, 0.1) is 0 Å². The molecule has 0 aliphatic rings. The van der Waals surface area contributed by atoms with Gasteiger partial charge in [-0.25, -0.2) is 4.79 Å².